The van der Waals surface area contributed by atoms with Crippen LogP contribution in [0.2, 0.25) is 0 Å². The van der Waals surface area contributed by atoms with Crippen molar-refractivity contribution < 1.29 is 9.47 Å². The molecule has 0 aromatic heterocycles. The van der Waals surface area contributed by atoms with Crippen LogP contribution in [0, 0.1) is 5.92 Å². The molecule has 12 heavy (non-hydrogen) atoms. The van der Waals surface area contributed by atoms with Crippen molar-refractivity contribution in [1.29, 1.82) is 0 Å². The molecule has 0 radical (unpaired) electrons. The van der Waals surface area contributed by atoms with Gasteiger partial charge in [0.2, 0.25) is 0 Å². The highest BCUT2D eigenvalue weighted by molar-refractivity contribution is 5.08. The van der Waals surface area contributed by atoms with E-state index in [0.717, 1.165) is 12.2 Å². The van der Waals surface area contributed by atoms with Crippen molar-refractivity contribution >= 4 is 0 Å². The third kappa shape index (κ3) is 5.98. The summed E-state index contributed by atoms with van der Waals surface area (Å²) >= 11 is 0. The molecular weight excluding hydrogens is 152 g/mol. The third-order valence-corrected chi connectivity index (χ3v) is 1.34. The summed E-state index contributed by atoms with van der Waals surface area (Å²) in [7, 11) is 1.60. The molecular formula is C10H18O2. The first-order valence-corrected chi connectivity index (χ1v) is 4.15. The number of ether oxygens (including phenoxy) is 2. The minimum atomic E-state index is 0.288. The average molecular weight is 170 g/mol. The fourth-order valence-electron chi connectivity index (χ4n) is 0.680. The lowest BCUT2D eigenvalue weighted by molar-refractivity contribution is 0.00970. The van der Waals surface area contributed by atoms with Crippen molar-refractivity contribution in [2.45, 2.75) is 20.3 Å². The van der Waals surface area contributed by atoms with Gasteiger partial charge < -0.3 is 9.47 Å². The molecule has 0 aromatic carbocycles. The first-order valence-electron chi connectivity index (χ1n) is 4.15. The molecule has 2 nitrogen and oxygen atoms in total. The quantitative estimate of drug-likeness (QED) is 0.346. The zero-order chi connectivity index (χ0) is 9.40. The summed E-state index contributed by atoms with van der Waals surface area (Å²) in [5, 5.41) is 0. The lowest BCUT2D eigenvalue weighted by Gasteiger charge is -2.05. The molecule has 0 aromatic rings. The predicted octanol–water partition coefficient (Wildman–Crippen LogP) is 2.72. The van der Waals surface area contributed by atoms with Gasteiger partial charge in [-0.2, -0.15) is 0 Å². The van der Waals surface area contributed by atoms with Crippen molar-refractivity contribution in [3.63, 3.8) is 0 Å². The van der Waals surface area contributed by atoms with Crippen LogP contribution >= 0.6 is 0 Å². The van der Waals surface area contributed by atoms with Crippen LogP contribution in [0.25, 0.3) is 0 Å². The number of hydrogen-bond acceptors (Lipinski definition) is 2. The molecule has 0 saturated heterocycles. The zero-order valence-corrected chi connectivity index (χ0v) is 8.17. The van der Waals surface area contributed by atoms with Gasteiger partial charge in [-0.1, -0.05) is 20.4 Å². The molecule has 0 unspecified atom stereocenters. The first kappa shape index (κ1) is 11.2. The van der Waals surface area contributed by atoms with Crippen LogP contribution < -0.4 is 0 Å². The number of hydrogen-bond donors (Lipinski definition) is 0. The molecule has 2 heteroatoms. The fourth-order valence-corrected chi connectivity index (χ4v) is 0.680. The van der Waals surface area contributed by atoms with Crippen LogP contribution in [-0.2, 0) is 9.47 Å². The molecule has 70 valence electrons. The SMILES string of the molecule is C=C/C(=C\CC(C)C)OCOC. The molecule has 0 aliphatic heterocycles. The summed E-state index contributed by atoms with van der Waals surface area (Å²) < 4.78 is 9.98. The molecule has 0 heterocycles. The molecule has 0 fully saturated rings. The van der Waals surface area contributed by atoms with E-state index in [9.17, 15) is 0 Å². The summed E-state index contributed by atoms with van der Waals surface area (Å²) in [5.41, 5.74) is 0. The third-order valence-electron chi connectivity index (χ3n) is 1.34. The number of methoxy groups -OCH3 is 1. The van der Waals surface area contributed by atoms with Crippen molar-refractivity contribution in [2.24, 2.45) is 5.92 Å². The van der Waals surface area contributed by atoms with E-state index in [2.05, 4.69) is 20.4 Å². The Morgan fingerprint density at radius 1 is 1.50 bits per heavy atom. The van der Waals surface area contributed by atoms with E-state index < -0.39 is 0 Å². The predicted molar refractivity (Wildman–Crippen MR) is 50.7 cm³/mol. The monoisotopic (exact) mass is 170 g/mol. The van der Waals surface area contributed by atoms with Crippen LogP contribution in [0.15, 0.2) is 24.5 Å². The molecule has 0 aliphatic carbocycles. The van der Waals surface area contributed by atoms with Crippen molar-refractivity contribution in [2.75, 3.05) is 13.9 Å². The van der Waals surface area contributed by atoms with Gasteiger partial charge in [0.05, 0.1) is 0 Å². The summed E-state index contributed by atoms with van der Waals surface area (Å²) in [5.74, 6) is 1.44. The summed E-state index contributed by atoms with van der Waals surface area (Å²) in [6.07, 6.45) is 4.73. The largest absolute Gasteiger partial charge is 0.468 e. The standard InChI is InChI=1S/C10H18O2/c1-5-10(12-8-11-4)7-6-9(2)3/h5,7,9H,1,6,8H2,2-4H3/b10-7+. The second kappa shape index (κ2) is 6.92. The summed E-state index contributed by atoms with van der Waals surface area (Å²) in [6, 6.07) is 0. The van der Waals surface area contributed by atoms with Gasteiger partial charge in [-0.3, -0.25) is 0 Å². The van der Waals surface area contributed by atoms with Crippen LogP contribution in [0.4, 0.5) is 0 Å². The highest BCUT2D eigenvalue weighted by atomic mass is 16.7. The lowest BCUT2D eigenvalue weighted by atomic mass is 10.1. The second-order valence-electron chi connectivity index (χ2n) is 2.99. The lowest BCUT2D eigenvalue weighted by Crippen LogP contribution is -1.95. The van der Waals surface area contributed by atoms with E-state index in [1.807, 2.05) is 6.08 Å². The Balaban J connectivity index is 3.78. The number of allylic oxidation sites excluding steroid dienone is 2. The van der Waals surface area contributed by atoms with Gasteiger partial charge in [0.1, 0.15) is 5.76 Å². The topological polar surface area (TPSA) is 18.5 Å². The zero-order valence-electron chi connectivity index (χ0n) is 8.17. The molecule has 0 rings (SSSR count). The minimum absolute atomic E-state index is 0.288. The van der Waals surface area contributed by atoms with Crippen LogP contribution in [0.1, 0.15) is 20.3 Å². The van der Waals surface area contributed by atoms with E-state index in [1.165, 1.54) is 0 Å². The van der Waals surface area contributed by atoms with E-state index >= 15 is 0 Å². The Labute approximate surface area is 74.9 Å². The van der Waals surface area contributed by atoms with Gasteiger partial charge in [-0.25, -0.2) is 0 Å². The average Bonchev–Trinajstić information content (AvgIpc) is 2.05. The summed E-state index contributed by atoms with van der Waals surface area (Å²) in [4.78, 5) is 0. The molecule has 0 amide bonds. The highest BCUT2D eigenvalue weighted by Gasteiger charge is 1.93. The minimum Gasteiger partial charge on any atom is -0.468 e. The Kier molecular flexibility index (Phi) is 6.48. The Morgan fingerprint density at radius 3 is 2.58 bits per heavy atom. The molecule has 0 bridgehead atoms. The van der Waals surface area contributed by atoms with Gasteiger partial charge in [0.25, 0.3) is 0 Å². The van der Waals surface area contributed by atoms with Crippen LogP contribution in [0.3, 0.4) is 0 Å². The van der Waals surface area contributed by atoms with Crippen molar-refractivity contribution in [3.05, 3.63) is 24.5 Å². The Morgan fingerprint density at radius 2 is 2.17 bits per heavy atom. The van der Waals surface area contributed by atoms with Gasteiger partial charge in [-0.05, 0) is 24.5 Å². The summed E-state index contributed by atoms with van der Waals surface area (Å²) in [6.45, 7) is 8.25. The van der Waals surface area contributed by atoms with Gasteiger partial charge in [0.15, 0.2) is 6.79 Å². The fraction of sp³-hybridized carbons (Fsp3) is 0.600. The Hall–Kier alpha value is -0.760. The van der Waals surface area contributed by atoms with Gasteiger partial charge >= 0.3 is 0 Å². The smallest absolute Gasteiger partial charge is 0.188 e. The maximum Gasteiger partial charge on any atom is 0.188 e. The van der Waals surface area contributed by atoms with E-state index in [-0.39, 0.29) is 6.79 Å². The Bertz CT molecular complexity index is 148. The van der Waals surface area contributed by atoms with Crippen molar-refractivity contribution in [3.8, 4) is 0 Å². The van der Waals surface area contributed by atoms with Gasteiger partial charge in [0, 0.05) is 7.11 Å². The maximum atomic E-state index is 5.21. The molecule has 0 atom stereocenters. The molecule has 0 N–H and O–H groups in total. The maximum absolute atomic E-state index is 5.21. The van der Waals surface area contributed by atoms with E-state index in [1.54, 1.807) is 13.2 Å². The number of rotatable bonds is 6. The van der Waals surface area contributed by atoms with E-state index in [0.29, 0.717) is 5.92 Å². The molecule has 0 spiro atoms. The van der Waals surface area contributed by atoms with E-state index in [4.69, 9.17) is 9.47 Å². The van der Waals surface area contributed by atoms with Crippen molar-refractivity contribution in [1.82, 2.24) is 0 Å². The molecule has 0 aliphatic rings. The highest BCUT2D eigenvalue weighted by Crippen LogP contribution is 2.06. The van der Waals surface area contributed by atoms with Gasteiger partial charge in [-0.15, -0.1) is 0 Å². The van der Waals surface area contributed by atoms with Crippen LogP contribution in [-0.4, -0.2) is 13.9 Å². The van der Waals surface area contributed by atoms with Crippen LogP contribution in [0.5, 0.6) is 0 Å². The second-order valence-corrected chi connectivity index (χ2v) is 2.99. The first-order chi connectivity index (χ1) is 5.70. The normalized spacial score (nSPS) is 11.8. The molecule has 0 saturated carbocycles.